The molecule has 0 bridgehead atoms. The monoisotopic (exact) mass is 327 g/mol. The van der Waals surface area contributed by atoms with E-state index in [-0.39, 0.29) is 0 Å². The van der Waals surface area contributed by atoms with Gasteiger partial charge in [-0.25, -0.2) is 9.59 Å². The summed E-state index contributed by atoms with van der Waals surface area (Å²) in [6, 6.07) is 10.8. The fraction of sp³-hybridized carbons (Fsp3) is 0.263. The number of ether oxygens (including phenoxy) is 2. The largest absolute Gasteiger partial charge is 0.444 e. The normalized spacial score (nSPS) is 11.0. The number of carbonyl (C=O) groups is 2. The third-order valence-corrected chi connectivity index (χ3v) is 3.03. The molecule has 0 atom stereocenters. The van der Waals surface area contributed by atoms with Gasteiger partial charge < -0.3 is 9.47 Å². The second kappa shape index (κ2) is 6.74. The molecule has 0 fully saturated rings. The van der Waals surface area contributed by atoms with Crippen molar-refractivity contribution in [1.82, 2.24) is 0 Å². The van der Waals surface area contributed by atoms with E-state index >= 15 is 0 Å². The predicted octanol–water partition coefficient (Wildman–Crippen LogP) is 4.67. The lowest BCUT2D eigenvalue weighted by Crippen LogP contribution is -2.27. The fourth-order valence-electron chi connectivity index (χ4n) is 2.05. The molecule has 2 aromatic rings. The lowest BCUT2D eigenvalue weighted by atomic mass is 10.1. The first kappa shape index (κ1) is 17.5. The van der Waals surface area contributed by atoms with E-state index in [4.69, 9.17) is 9.47 Å². The first-order valence-corrected chi connectivity index (χ1v) is 7.56. The minimum atomic E-state index is -0.607. The summed E-state index contributed by atoms with van der Waals surface area (Å²) in [5, 5.41) is 4.36. The van der Waals surface area contributed by atoms with Crippen molar-refractivity contribution in [2.45, 2.75) is 33.3 Å². The Balaban J connectivity index is 2.37. The number of hydrogen-bond acceptors (Lipinski definition) is 4. The van der Waals surface area contributed by atoms with Gasteiger partial charge in [0, 0.05) is 17.0 Å². The topological polar surface area (TPSA) is 64.6 Å². The molecule has 0 aliphatic carbocycles. The number of benzene rings is 2. The van der Waals surface area contributed by atoms with Gasteiger partial charge in [-0.1, -0.05) is 30.8 Å². The van der Waals surface area contributed by atoms with Gasteiger partial charge in [-0.2, -0.15) is 0 Å². The van der Waals surface area contributed by atoms with Crippen LogP contribution in [0.4, 0.5) is 10.5 Å². The van der Waals surface area contributed by atoms with E-state index in [9.17, 15) is 9.59 Å². The summed E-state index contributed by atoms with van der Waals surface area (Å²) in [5.74, 6) is -0.193. The Kier molecular flexibility index (Phi) is 4.93. The lowest BCUT2D eigenvalue weighted by Gasteiger charge is -2.20. The average Bonchev–Trinajstić information content (AvgIpc) is 2.45. The smallest absolute Gasteiger partial charge is 0.412 e. The van der Waals surface area contributed by atoms with Crippen molar-refractivity contribution in [3.63, 3.8) is 0 Å². The predicted molar refractivity (Wildman–Crippen MR) is 94.3 cm³/mol. The molecule has 0 saturated carbocycles. The van der Waals surface area contributed by atoms with Gasteiger partial charge >= 0.3 is 12.1 Å². The Labute approximate surface area is 141 Å². The van der Waals surface area contributed by atoms with Crippen LogP contribution in [0.25, 0.3) is 10.8 Å². The maximum Gasteiger partial charge on any atom is 0.412 e. The average molecular weight is 327 g/mol. The molecule has 0 aliphatic rings. The van der Waals surface area contributed by atoms with E-state index in [1.165, 1.54) is 0 Å². The zero-order valence-electron chi connectivity index (χ0n) is 14.3. The van der Waals surface area contributed by atoms with Gasteiger partial charge in [0.05, 0.1) is 5.69 Å². The SMILES string of the molecule is C=C(C)C(=O)Oc1cc(NC(=O)OC(C)(C)C)c2ccccc2c1. The molecule has 126 valence electrons. The van der Waals surface area contributed by atoms with Crippen LogP contribution in [-0.2, 0) is 9.53 Å². The van der Waals surface area contributed by atoms with Crippen molar-refractivity contribution in [3.05, 3.63) is 48.6 Å². The Hall–Kier alpha value is -2.82. The highest BCUT2D eigenvalue weighted by Gasteiger charge is 2.18. The number of hydrogen-bond donors (Lipinski definition) is 1. The molecule has 0 aromatic heterocycles. The molecule has 1 amide bonds. The minimum absolute atomic E-state index is 0.296. The van der Waals surface area contributed by atoms with Crippen LogP contribution in [0.5, 0.6) is 5.75 Å². The molecule has 1 N–H and O–H groups in total. The number of nitrogens with one attached hydrogen (secondary N) is 1. The van der Waals surface area contributed by atoms with Gasteiger partial charge in [0.1, 0.15) is 11.4 Å². The third kappa shape index (κ3) is 4.59. The van der Waals surface area contributed by atoms with E-state index in [1.54, 1.807) is 39.8 Å². The van der Waals surface area contributed by atoms with Gasteiger partial charge in [-0.05, 0) is 39.1 Å². The lowest BCUT2D eigenvalue weighted by molar-refractivity contribution is -0.130. The highest BCUT2D eigenvalue weighted by Crippen LogP contribution is 2.30. The minimum Gasteiger partial charge on any atom is -0.444 e. The van der Waals surface area contributed by atoms with Crippen LogP contribution in [0.3, 0.4) is 0 Å². The van der Waals surface area contributed by atoms with E-state index in [0.717, 1.165) is 10.8 Å². The summed E-state index contributed by atoms with van der Waals surface area (Å²) in [5.41, 5.74) is 0.195. The number of fused-ring (bicyclic) bond motifs is 1. The van der Waals surface area contributed by atoms with Crippen molar-refractivity contribution in [3.8, 4) is 5.75 Å². The van der Waals surface area contributed by atoms with Crippen molar-refractivity contribution in [1.29, 1.82) is 0 Å². The Morgan fingerprint density at radius 1 is 1.12 bits per heavy atom. The van der Waals surface area contributed by atoms with Crippen LogP contribution >= 0.6 is 0 Å². The molecule has 0 heterocycles. The number of amides is 1. The maximum atomic E-state index is 12.1. The molecule has 0 radical (unpaired) electrons. The van der Waals surface area contributed by atoms with Crippen LogP contribution in [0.1, 0.15) is 27.7 Å². The van der Waals surface area contributed by atoms with Gasteiger partial charge in [0.2, 0.25) is 0 Å². The summed E-state index contributed by atoms with van der Waals surface area (Å²) in [7, 11) is 0. The fourth-order valence-corrected chi connectivity index (χ4v) is 2.05. The highest BCUT2D eigenvalue weighted by molar-refractivity contribution is 6.01. The molecular formula is C19H21NO4. The zero-order chi connectivity index (χ0) is 17.9. The highest BCUT2D eigenvalue weighted by atomic mass is 16.6. The molecule has 2 aromatic carbocycles. The Morgan fingerprint density at radius 3 is 2.42 bits per heavy atom. The molecule has 5 heteroatoms. The number of anilines is 1. The summed E-state index contributed by atoms with van der Waals surface area (Å²) < 4.78 is 10.6. The van der Waals surface area contributed by atoms with Crippen molar-refractivity contribution < 1.29 is 19.1 Å². The first-order valence-electron chi connectivity index (χ1n) is 7.56. The summed E-state index contributed by atoms with van der Waals surface area (Å²) >= 11 is 0. The molecule has 2 rings (SSSR count). The number of carbonyl (C=O) groups excluding carboxylic acids is 2. The van der Waals surface area contributed by atoms with E-state index in [0.29, 0.717) is 17.0 Å². The van der Waals surface area contributed by atoms with Crippen LogP contribution in [0.2, 0.25) is 0 Å². The van der Waals surface area contributed by atoms with Crippen molar-refractivity contribution in [2.24, 2.45) is 0 Å². The molecular weight excluding hydrogens is 306 g/mol. The van der Waals surface area contributed by atoms with Crippen LogP contribution in [0, 0.1) is 0 Å². The van der Waals surface area contributed by atoms with Crippen molar-refractivity contribution in [2.75, 3.05) is 5.32 Å². The second-order valence-corrected chi connectivity index (χ2v) is 6.49. The summed E-state index contributed by atoms with van der Waals surface area (Å²) in [6.45, 7) is 10.5. The van der Waals surface area contributed by atoms with Crippen LogP contribution < -0.4 is 10.1 Å². The van der Waals surface area contributed by atoms with Gasteiger partial charge in [0.15, 0.2) is 0 Å². The van der Waals surface area contributed by atoms with Crippen LogP contribution in [-0.4, -0.2) is 17.7 Å². The van der Waals surface area contributed by atoms with Crippen molar-refractivity contribution >= 4 is 28.5 Å². The van der Waals surface area contributed by atoms with Crippen LogP contribution in [0.15, 0.2) is 48.6 Å². The summed E-state index contributed by atoms with van der Waals surface area (Å²) in [6.07, 6.45) is -0.573. The number of esters is 1. The number of rotatable bonds is 3. The van der Waals surface area contributed by atoms with E-state index in [1.807, 2.05) is 24.3 Å². The quantitative estimate of drug-likeness (QED) is 0.505. The molecule has 0 aliphatic heterocycles. The molecule has 24 heavy (non-hydrogen) atoms. The first-order chi connectivity index (χ1) is 11.2. The van der Waals surface area contributed by atoms with Gasteiger partial charge in [-0.15, -0.1) is 0 Å². The third-order valence-electron chi connectivity index (χ3n) is 3.03. The summed E-state index contributed by atoms with van der Waals surface area (Å²) in [4.78, 5) is 23.8. The zero-order valence-corrected chi connectivity index (χ0v) is 14.3. The Bertz CT molecular complexity index is 803. The van der Waals surface area contributed by atoms with E-state index in [2.05, 4.69) is 11.9 Å². The molecule has 5 nitrogen and oxygen atoms in total. The second-order valence-electron chi connectivity index (χ2n) is 6.49. The van der Waals surface area contributed by atoms with Gasteiger partial charge in [0.25, 0.3) is 0 Å². The van der Waals surface area contributed by atoms with Gasteiger partial charge in [-0.3, -0.25) is 5.32 Å². The Morgan fingerprint density at radius 2 is 1.79 bits per heavy atom. The molecule has 0 unspecified atom stereocenters. The molecule has 0 saturated heterocycles. The van der Waals surface area contributed by atoms with E-state index < -0.39 is 17.7 Å². The standard InChI is InChI=1S/C19H21NO4/c1-12(2)17(21)23-14-10-13-8-6-7-9-15(13)16(11-14)20-18(22)24-19(3,4)5/h6-11H,1H2,2-5H3,(H,20,22). The molecule has 0 spiro atoms. The maximum absolute atomic E-state index is 12.1.